The molecule has 0 spiro atoms. The van der Waals surface area contributed by atoms with Gasteiger partial charge < -0.3 is 4.57 Å². The Morgan fingerprint density at radius 1 is 1.44 bits per heavy atom. The van der Waals surface area contributed by atoms with Gasteiger partial charge in [-0.25, -0.2) is 4.98 Å². The van der Waals surface area contributed by atoms with Crippen LogP contribution in [0.1, 0.15) is 10.8 Å². The Bertz CT molecular complexity index is 466. The van der Waals surface area contributed by atoms with Crippen molar-refractivity contribution in [3.63, 3.8) is 0 Å². The average Bonchev–Trinajstić information content (AvgIpc) is 2.77. The Hall–Kier alpha value is -0.980. The Morgan fingerprint density at radius 2 is 2.25 bits per heavy atom. The number of rotatable bonds is 4. The SMILES string of the molecule is CN(Cc1nnc(Cl)s1)Cc1nccn1C. The van der Waals surface area contributed by atoms with E-state index in [1.807, 2.05) is 24.9 Å². The van der Waals surface area contributed by atoms with Crippen molar-refractivity contribution in [2.45, 2.75) is 13.1 Å². The first kappa shape index (κ1) is 11.5. The molecule has 2 aromatic heterocycles. The topological polar surface area (TPSA) is 46.8 Å². The fourth-order valence-corrected chi connectivity index (χ4v) is 2.32. The summed E-state index contributed by atoms with van der Waals surface area (Å²) < 4.78 is 2.49. The van der Waals surface area contributed by atoms with Gasteiger partial charge in [-0.1, -0.05) is 11.3 Å². The minimum atomic E-state index is 0.486. The van der Waals surface area contributed by atoms with Crippen molar-refractivity contribution in [3.8, 4) is 0 Å². The van der Waals surface area contributed by atoms with Gasteiger partial charge in [0.1, 0.15) is 10.8 Å². The van der Waals surface area contributed by atoms with Crippen molar-refractivity contribution in [1.29, 1.82) is 0 Å². The minimum Gasteiger partial charge on any atom is -0.337 e. The number of aryl methyl sites for hydroxylation is 1. The average molecular weight is 258 g/mol. The Kier molecular flexibility index (Phi) is 3.52. The van der Waals surface area contributed by atoms with Gasteiger partial charge in [0.15, 0.2) is 0 Å². The molecule has 0 aliphatic rings. The molecular formula is C9H12ClN5S. The van der Waals surface area contributed by atoms with Crippen LogP contribution in [0.5, 0.6) is 0 Å². The third kappa shape index (κ3) is 2.78. The van der Waals surface area contributed by atoms with E-state index in [-0.39, 0.29) is 0 Å². The molecule has 7 heteroatoms. The molecule has 0 saturated carbocycles. The predicted molar refractivity (Wildman–Crippen MR) is 63.3 cm³/mol. The molecule has 0 N–H and O–H groups in total. The summed E-state index contributed by atoms with van der Waals surface area (Å²) in [4.78, 5) is 6.39. The van der Waals surface area contributed by atoms with E-state index in [1.165, 1.54) is 11.3 Å². The molecule has 0 unspecified atom stereocenters. The van der Waals surface area contributed by atoms with Crippen molar-refractivity contribution < 1.29 is 0 Å². The van der Waals surface area contributed by atoms with Crippen LogP contribution in [0.2, 0.25) is 4.47 Å². The van der Waals surface area contributed by atoms with Gasteiger partial charge in [0.25, 0.3) is 0 Å². The molecule has 0 aliphatic carbocycles. The molecule has 2 aromatic rings. The van der Waals surface area contributed by atoms with E-state index in [0.29, 0.717) is 4.47 Å². The quantitative estimate of drug-likeness (QED) is 0.834. The largest absolute Gasteiger partial charge is 0.337 e. The van der Waals surface area contributed by atoms with Crippen molar-refractivity contribution >= 4 is 22.9 Å². The summed E-state index contributed by atoms with van der Waals surface area (Å²) in [5.41, 5.74) is 0. The normalized spacial score (nSPS) is 11.2. The van der Waals surface area contributed by atoms with Crippen LogP contribution in [-0.2, 0) is 20.1 Å². The number of hydrogen-bond acceptors (Lipinski definition) is 5. The van der Waals surface area contributed by atoms with E-state index in [4.69, 9.17) is 11.6 Å². The van der Waals surface area contributed by atoms with Gasteiger partial charge in [0.05, 0.1) is 13.1 Å². The second-order valence-electron chi connectivity index (χ2n) is 3.58. The summed E-state index contributed by atoms with van der Waals surface area (Å²) in [7, 11) is 4.00. The molecule has 2 heterocycles. The second-order valence-corrected chi connectivity index (χ2v) is 5.22. The zero-order valence-electron chi connectivity index (χ0n) is 9.09. The molecule has 0 atom stereocenters. The van der Waals surface area contributed by atoms with Crippen LogP contribution >= 0.6 is 22.9 Å². The lowest BCUT2D eigenvalue weighted by atomic mass is 10.5. The monoisotopic (exact) mass is 257 g/mol. The zero-order chi connectivity index (χ0) is 11.5. The maximum absolute atomic E-state index is 5.72. The fourth-order valence-electron chi connectivity index (χ4n) is 1.37. The second kappa shape index (κ2) is 4.90. The van der Waals surface area contributed by atoms with Gasteiger partial charge in [-0.05, 0) is 18.6 Å². The third-order valence-corrected chi connectivity index (χ3v) is 3.18. The summed E-state index contributed by atoms with van der Waals surface area (Å²) in [6.07, 6.45) is 3.73. The van der Waals surface area contributed by atoms with E-state index >= 15 is 0 Å². The van der Waals surface area contributed by atoms with E-state index < -0.39 is 0 Å². The first-order chi connectivity index (χ1) is 7.65. The number of hydrogen-bond donors (Lipinski definition) is 0. The standard InChI is InChI=1S/C9H12ClN5S/c1-14(5-7-11-3-4-15(7)2)6-8-12-13-9(10)16-8/h3-4H,5-6H2,1-2H3. The van der Waals surface area contributed by atoms with Crippen LogP contribution in [-0.4, -0.2) is 31.7 Å². The number of aromatic nitrogens is 4. The first-order valence-corrected chi connectivity index (χ1v) is 5.97. The lowest BCUT2D eigenvalue weighted by molar-refractivity contribution is 0.306. The summed E-state index contributed by atoms with van der Waals surface area (Å²) in [5, 5.41) is 8.66. The molecule has 5 nitrogen and oxygen atoms in total. The maximum atomic E-state index is 5.72. The number of nitrogens with zero attached hydrogens (tertiary/aromatic N) is 5. The van der Waals surface area contributed by atoms with E-state index in [2.05, 4.69) is 20.1 Å². The van der Waals surface area contributed by atoms with Gasteiger partial charge in [-0.3, -0.25) is 4.90 Å². The van der Waals surface area contributed by atoms with E-state index in [9.17, 15) is 0 Å². The summed E-state index contributed by atoms with van der Waals surface area (Å²) >= 11 is 7.13. The molecule has 16 heavy (non-hydrogen) atoms. The van der Waals surface area contributed by atoms with Crippen molar-refractivity contribution in [3.05, 3.63) is 27.7 Å². The van der Waals surface area contributed by atoms with Gasteiger partial charge in [0.2, 0.25) is 4.47 Å². The molecule has 0 aromatic carbocycles. The predicted octanol–water partition coefficient (Wildman–Crippen LogP) is 1.56. The highest BCUT2D eigenvalue weighted by Gasteiger charge is 2.08. The molecular weight excluding hydrogens is 246 g/mol. The molecule has 0 fully saturated rings. The molecule has 0 saturated heterocycles. The molecule has 0 bridgehead atoms. The van der Waals surface area contributed by atoms with Gasteiger partial charge in [-0.2, -0.15) is 0 Å². The van der Waals surface area contributed by atoms with Gasteiger partial charge in [-0.15, -0.1) is 10.2 Å². The van der Waals surface area contributed by atoms with E-state index in [0.717, 1.165) is 23.9 Å². The summed E-state index contributed by atoms with van der Waals surface area (Å²) in [6.45, 7) is 1.51. The lowest BCUT2D eigenvalue weighted by Crippen LogP contribution is -2.19. The number of imidazole rings is 1. The van der Waals surface area contributed by atoms with Gasteiger partial charge in [0, 0.05) is 19.4 Å². The van der Waals surface area contributed by atoms with E-state index in [1.54, 1.807) is 6.20 Å². The minimum absolute atomic E-state index is 0.486. The van der Waals surface area contributed by atoms with Crippen LogP contribution in [0, 0.1) is 0 Å². The molecule has 0 amide bonds. The van der Waals surface area contributed by atoms with Crippen LogP contribution in [0.4, 0.5) is 0 Å². The van der Waals surface area contributed by atoms with Crippen LogP contribution < -0.4 is 0 Å². The highest BCUT2D eigenvalue weighted by atomic mass is 35.5. The fraction of sp³-hybridized carbons (Fsp3) is 0.444. The van der Waals surface area contributed by atoms with Gasteiger partial charge >= 0.3 is 0 Å². The molecule has 2 rings (SSSR count). The van der Waals surface area contributed by atoms with Crippen molar-refractivity contribution in [1.82, 2.24) is 24.6 Å². The first-order valence-electron chi connectivity index (χ1n) is 4.78. The summed E-state index contributed by atoms with van der Waals surface area (Å²) in [5.74, 6) is 1.03. The summed E-state index contributed by atoms with van der Waals surface area (Å²) in [6, 6.07) is 0. The van der Waals surface area contributed by atoms with Crippen molar-refractivity contribution in [2.75, 3.05) is 7.05 Å². The maximum Gasteiger partial charge on any atom is 0.207 e. The Morgan fingerprint density at radius 3 is 2.81 bits per heavy atom. The Labute approximate surface area is 103 Å². The van der Waals surface area contributed by atoms with Crippen LogP contribution in [0.15, 0.2) is 12.4 Å². The third-order valence-electron chi connectivity index (χ3n) is 2.18. The van der Waals surface area contributed by atoms with Crippen LogP contribution in [0.25, 0.3) is 0 Å². The zero-order valence-corrected chi connectivity index (χ0v) is 10.7. The highest BCUT2D eigenvalue weighted by Crippen LogP contribution is 2.16. The highest BCUT2D eigenvalue weighted by molar-refractivity contribution is 7.15. The van der Waals surface area contributed by atoms with Crippen LogP contribution in [0.3, 0.4) is 0 Å². The molecule has 86 valence electrons. The molecule has 0 radical (unpaired) electrons. The Balaban J connectivity index is 1.94. The molecule has 0 aliphatic heterocycles. The van der Waals surface area contributed by atoms with Crippen molar-refractivity contribution in [2.24, 2.45) is 7.05 Å². The smallest absolute Gasteiger partial charge is 0.207 e. The number of halogens is 1. The lowest BCUT2D eigenvalue weighted by Gasteiger charge is -2.13.